The molecule has 1 aromatic heterocycles. The molecule has 3 nitrogen and oxygen atoms in total. The number of aromatic nitrogens is 2. The molecular weight excluding hydrogens is 224 g/mol. The van der Waals surface area contributed by atoms with Crippen LogP contribution in [0.15, 0.2) is 30.6 Å². The van der Waals surface area contributed by atoms with Gasteiger partial charge in [-0.15, -0.1) is 0 Å². The van der Waals surface area contributed by atoms with Gasteiger partial charge in [-0.3, -0.25) is 9.48 Å². The first-order valence-corrected chi connectivity index (χ1v) is 5.24. The Kier molecular flexibility index (Phi) is 2.79. The lowest BCUT2D eigenvalue weighted by molar-refractivity contribution is 0.103. The Morgan fingerprint density at radius 3 is 2.62 bits per heavy atom. The van der Waals surface area contributed by atoms with Gasteiger partial charge >= 0.3 is 0 Å². The number of carbonyl (C=O) groups is 1. The maximum absolute atomic E-state index is 12.1. The number of rotatable bonds is 2. The molecule has 0 fully saturated rings. The molecule has 0 unspecified atom stereocenters. The molecule has 0 bridgehead atoms. The third kappa shape index (κ3) is 2.14. The first-order chi connectivity index (χ1) is 7.56. The van der Waals surface area contributed by atoms with Crippen LogP contribution < -0.4 is 0 Å². The molecule has 2 rings (SSSR count). The van der Waals surface area contributed by atoms with E-state index in [2.05, 4.69) is 5.10 Å². The first kappa shape index (κ1) is 10.9. The molecule has 16 heavy (non-hydrogen) atoms. The van der Waals surface area contributed by atoms with Gasteiger partial charge in [0.2, 0.25) is 0 Å². The summed E-state index contributed by atoms with van der Waals surface area (Å²) in [6, 6.07) is 5.31. The number of hydrogen-bond donors (Lipinski definition) is 0. The van der Waals surface area contributed by atoms with E-state index < -0.39 is 0 Å². The molecule has 0 N–H and O–H groups in total. The van der Waals surface area contributed by atoms with Gasteiger partial charge in [0.1, 0.15) is 0 Å². The Morgan fingerprint density at radius 2 is 2.06 bits per heavy atom. The Hall–Kier alpha value is -1.61. The maximum atomic E-state index is 12.1. The van der Waals surface area contributed by atoms with Crippen molar-refractivity contribution in [1.29, 1.82) is 0 Å². The molecule has 0 radical (unpaired) electrons. The summed E-state index contributed by atoms with van der Waals surface area (Å²) < 4.78 is 1.60. The van der Waals surface area contributed by atoms with Crippen molar-refractivity contribution in [1.82, 2.24) is 9.78 Å². The third-order valence-corrected chi connectivity index (χ3v) is 2.49. The SMILES string of the molecule is Cc1cc(Cl)cc(C(=O)c2cnn(C)c2)c1. The van der Waals surface area contributed by atoms with E-state index in [1.807, 2.05) is 19.1 Å². The van der Waals surface area contributed by atoms with Gasteiger partial charge in [0.25, 0.3) is 0 Å². The van der Waals surface area contributed by atoms with E-state index in [0.29, 0.717) is 16.1 Å². The largest absolute Gasteiger partial charge is 0.288 e. The molecule has 0 saturated heterocycles. The molecular formula is C12H11ClN2O. The predicted molar refractivity (Wildman–Crippen MR) is 62.8 cm³/mol. The van der Waals surface area contributed by atoms with Crippen LogP contribution in [-0.4, -0.2) is 15.6 Å². The summed E-state index contributed by atoms with van der Waals surface area (Å²) in [6.45, 7) is 1.91. The first-order valence-electron chi connectivity index (χ1n) is 4.87. The smallest absolute Gasteiger partial charge is 0.196 e. The molecule has 2 aromatic rings. The average Bonchev–Trinajstić information content (AvgIpc) is 2.62. The van der Waals surface area contributed by atoms with E-state index in [1.54, 1.807) is 30.2 Å². The van der Waals surface area contributed by atoms with Gasteiger partial charge in [-0.2, -0.15) is 5.10 Å². The van der Waals surface area contributed by atoms with Crippen LogP contribution >= 0.6 is 11.6 Å². The molecule has 4 heteroatoms. The molecule has 0 spiro atoms. The summed E-state index contributed by atoms with van der Waals surface area (Å²) in [5, 5.41) is 4.55. The summed E-state index contributed by atoms with van der Waals surface area (Å²) in [5.74, 6) is -0.0568. The zero-order chi connectivity index (χ0) is 11.7. The zero-order valence-electron chi connectivity index (χ0n) is 9.07. The molecule has 0 aliphatic carbocycles. The third-order valence-electron chi connectivity index (χ3n) is 2.27. The molecule has 0 atom stereocenters. The highest BCUT2D eigenvalue weighted by Gasteiger charge is 2.11. The van der Waals surface area contributed by atoms with Gasteiger partial charge in [-0.05, 0) is 30.7 Å². The van der Waals surface area contributed by atoms with Gasteiger partial charge in [0.05, 0.1) is 11.8 Å². The normalized spacial score (nSPS) is 10.4. The number of carbonyl (C=O) groups excluding carboxylic acids is 1. The Balaban J connectivity index is 2.41. The van der Waals surface area contributed by atoms with Gasteiger partial charge < -0.3 is 0 Å². The fourth-order valence-electron chi connectivity index (χ4n) is 1.57. The van der Waals surface area contributed by atoms with Crippen LogP contribution in [0.4, 0.5) is 0 Å². The van der Waals surface area contributed by atoms with Crippen LogP contribution in [0.1, 0.15) is 21.5 Å². The van der Waals surface area contributed by atoms with Crippen molar-refractivity contribution in [2.75, 3.05) is 0 Å². The summed E-state index contributed by atoms with van der Waals surface area (Å²) in [7, 11) is 1.78. The van der Waals surface area contributed by atoms with Crippen molar-refractivity contribution in [3.63, 3.8) is 0 Å². The number of benzene rings is 1. The predicted octanol–water partition coefficient (Wildman–Crippen LogP) is 2.61. The second-order valence-corrected chi connectivity index (χ2v) is 4.19. The number of ketones is 1. The Bertz CT molecular complexity index is 525. The molecule has 0 aliphatic heterocycles. The second-order valence-electron chi connectivity index (χ2n) is 3.75. The van der Waals surface area contributed by atoms with Crippen molar-refractivity contribution in [2.24, 2.45) is 7.05 Å². The van der Waals surface area contributed by atoms with Gasteiger partial charge in [0, 0.05) is 23.8 Å². The van der Waals surface area contributed by atoms with Crippen molar-refractivity contribution in [3.8, 4) is 0 Å². The fraction of sp³-hybridized carbons (Fsp3) is 0.167. The second kappa shape index (κ2) is 4.10. The lowest BCUT2D eigenvalue weighted by Crippen LogP contribution is -2.00. The zero-order valence-corrected chi connectivity index (χ0v) is 9.82. The summed E-state index contributed by atoms with van der Waals surface area (Å²) in [6.07, 6.45) is 3.25. The number of aryl methyl sites for hydroxylation is 2. The van der Waals surface area contributed by atoms with Crippen LogP contribution in [0.5, 0.6) is 0 Å². The number of hydrogen-bond acceptors (Lipinski definition) is 2. The number of nitrogens with zero attached hydrogens (tertiary/aromatic N) is 2. The lowest BCUT2D eigenvalue weighted by atomic mass is 10.0. The highest BCUT2D eigenvalue weighted by molar-refractivity contribution is 6.31. The molecule has 1 heterocycles. The number of halogens is 1. The lowest BCUT2D eigenvalue weighted by Gasteiger charge is -2.01. The molecule has 0 aliphatic rings. The highest BCUT2D eigenvalue weighted by atomic mass is 35.5. The Labute approximate surface area is 98.7 Å². The van der Waals surface area contributed by atoms with Crippen molar-refractivity contribution in [2.45, 2.75) is 6.92 Å². The van der Waals surface area contributed by atoms with E-state index in [4.69, 9.17) is 11.6 Å². The minimum atomic E-state index is -0.0568. The van der Waals surface area contributed by atoms with E-state index in [-0.39, 0.29) is 5.78 Å². The highest BCUT2D eigenvalue weighted by Crippen LogP contribution is 2.17. The molecule has 82 valence electrons. The summed E-state index contributed by atoms with van der Waals surface area (Å²) in [5.41, 5.74) is 2.14. The molecule has 0 amide bonds. The molecule has 1 aromatic carbocycles. The van der Waals surface area contributed by atoms with Crippen molar-refractivity contribution >= 4 is 17.4 Å². The van der Waals surface area contributed by atoms with Gasteiger partial charge in [-0.1, -0.05) is 11.6 Å². The van der Waals surface area contributed by atoms with Gasteiger partial charge in [0.15, 0.2) is 5.78 Å². The van der Waals surface area contributed by atoms with Crippen LogP contribution in [0, 0.1) is 6.92 Å². The van der Waals surface area contributed by atoms with E-state index in [1.165, 1.54) is 0 Å². The van der Waals surface area contributed by atoms with Crippen LogP contribution in [0.3, 0.4) is 0 Å². The van der Waals surface area contributed by atoms with Gasteiger partial charge in [-0.25, -0.2) is 0 Å². The topological polar surface area (TPSA) is 34.9 Å². The Morgan fingerprint density at radius 1 is 1.31 bits per heavy atom. The van der Waals surface area contributed by atoms with Crippen molar-refractivity contribution < 1.29 is 4.79 Å². The maximum Gasteiger partial charge on any atom is 0.196 e. The fourth-order valence-corrected chi connectivity index (χ4v) is 1.86. The summed E-state index contributed by atoms with van der Waals surface area (Å²) >= 11 is 5.91. The standard InChI is InChI=1S/C12H11ClN2O/c1-8-3-9(5-11(13)4-8)12(16)10-6-14-15(2)7-10/h3-7H,1-2H3. The monoisotopic (exact) mass is 234 g/mol. The van der Waals surface area contributed by atoms with Crippen LogP contribution in [0.2, 0.25) is 5.02 Å². The van der Waals surface area contributed by atoms with E-state index >= 15 is 0 Å². The average molecular weight is 235 g/mol. The minimum absolute atomic E-state index is 0.0568. The van der Waals surface area contributed by atoms with Crippen molar-refractivity contribution in [3.05, 3.63) is 52.3 Å². The van der Waals surface area contributed by atoms with Crippen LogP contribution in [0.25, 0.3) is 0 Å². The summed E-state index contributed by atoms with van der Waals surface area (Å²) in [4.78, 5) is 12.1. The minimum Gasteiger partial charge on any atom is -0.288 e. The molecule has 0 saturated carbocycles. The van der Waals surface area contributed by atoms with E-state index in [0.717, 1.165) is 5.56 Å². The van der Waals surface area contributed by atoms with Crippen LogP contribution in [-0.2, 0) is 7.05 Å². The van der Waals surface area contributed by atoms with E-state index in [9.17, 15) is 4.79 Å². The quantitative estimate of drug-likeness (QED) is 0.749.